The van der Waals surface area contributed by atoms with Crippen LogP contribution in [0.25, 0.3) is 0 Å². The van der Waals surface area contributed by atoms with Crippen LogP contribution in [-0.2, 0) is 11.2 Å². The van der Waals surface area contributed by atoms with Crippen LogP contribution in [0, 0.1) is 4.77 Å². The lowest BCUT2D eigenvalue weighted by Crippen LogP contribution is -2.29. The molecule has 0 unspecified atom stereocenters. The number of carboxylic acid groups (broad SMARTS) is 1. The van der Waals surface area contributed by atoms with E-state index in [1.807, 2.05) is 0 Å². The second-order valence-electron chi connectivity index (χ2n) is 4.59. The first kappa shape index (κ1) is 19.5. The van der Waals surface area contributed by atoms with Crippen LogP contribution in [0.3, 0.4) is 0 Å². The van der Waals surface area contributed by atoms with E-state index in [-0.39, 0.29) is 5.56 Å². The quantitative estimate of drug-likeness (QED) is 0.374. The van der Waals surface area contributed by atoms with Crippen LogP contribution >= 0.6 is 12.2 Å². The van der Waals surface area contributed by atoms with Crippen LogP contribution in [0.2, 0.25) is 0 Å². The van der Waals surface area contributed by atoms with E-state index in [0.29, 0.717) is 17.7 Å². The molecule has 1 rings (SSSR count). The SMILES string of the molecule is CCCc1cc(=O)[nH]c(=S)[nH]1.NCCCC[C@H](N)C(=O)O. The van der Waals surface area contributed by atoms with Gasteiger partial charge in [-0.1, -0.05) is 19.8 Å². The summed E-state index contributed by atoms with van der Waals surface area (Å²) >= 11 is 4.79. The summed E-state index contributed by atoms with van der Waals surface area (Å²) < 4.78 is 0.404. The number of aromatic nitrogens is 2. The molecule has 8 heteroatoms. The summed E-state index contributed by atoms with van der Waals surface area (Å²) in [6, 6.07) is 0.825. The van der Waals surface area contributed by atoms with Crippen molar-refractivity contribution in [3.63, 3.8) is 0 Å². The van der Waals surface area contributed by atoms with Crippen molar-refractivity contribution < 1.29 is 9.90 Å². The fourth-order valence-corrected chi connectivity index (χ4v) is 1.79. The van der Waals surface area contributed by atoms with E-state index in [0.717, 1.165) is 31.4 Å². The number of hydrogen-bond acceptors (Lipinski definition) is 5. The molecule has 7 N–H and O–H groups in total. The lowest BCUT2D eigenvalue weighted by molar-refractivity contribution is -0.138. The first-order chi connectivity index (χ1) is 9.90. The van der Waals surface area contributed by atoms with Gasteiger partial charge in [0.05, 0.1) is 0 Å². The Kier molecular flexibility index (Phi) is 10.4. The molecule has 0 aliphatic heterocycles. The zero-order valence-corrected chi connectivity index (χ0v) is 13.0. The number of aryl methyl sites for hydroxylation is 1. The molecule has 0 aromatic carbocycles. The van der Waals surface area contributed by atoms with Crippen LogP contribution in [0.1, 0.15) is 38.3 Å². The Bertz CT molecular complexity index is 498. The van der Waals surface area contributed by atoms with Gasteiger partial charge in [-0.25, -0.2) is 0 Å². The molecule has 0 amide bonds. The van der Waals surface area contributed by atoms with Gasteiger partial charge in [-0.3, -0.25) is 14.6 Å². The monoisotopic (exact) mass is 316 g/mol. The van der Waals surface area contributed by atoms with Gasteiger partial charge in [0.15, 0.2) is 4.77 Å². The van der Waals surface area contributed by atoms with E-state index in [1.54, 1.807) is 6.07 Å². The number of aliphatic carboxylic acids is 1. The number of H-pyrrole nitrogens is 2. The third-order valence-corrected chi connectivity index (χ3v) is 2.83. The Morgan fingerprint density at radius 1 is 1.43 bits per heavy atom. The van der Waals surface area contributed by atoms with Gasteiger partial charge in [0, 0.05) is 11.8 Å². The Morgan fingerprint density at radius 3 is 2.57 bits per heavy atom. The van der Waals surface area contributed by atoms with Gasteiger partial charge < -0.3 is 21.6 Å². The minimum atomic E-state index is -0.933. The van der Waals surface area contributed by atoms with E-state index in [1.165, 1.54) is 0 Å². The van der Waals surface area contributed by atoms with Crippen molar-refractivity contribution >= 4 is 18.2 Å². The second-order valence-corrected chi connectivity index (χ2v) is 5.00. The number of nitrogens with two attached hydrogens (primary N) is 2. The number of carbonyl (C=O) groups is 1. The minimum Gasteiger partial charge on any atom is -0.480 e. The highest BCUT2D eigenvalue weighted by atomic mass is 32.1. The largest absolute Gasteiger partial charge is 0.480 e. The summed E-state index contributed by atoms with van der Waals surface area (Å²) in [4.78, 5) is 26.4. The van der Waals surface area contributed by atoms with Crippen molar-refractivity contribution in [2.75, 3.05) is 6.54 Å². The summed E-state index contributed by atoms with van der Waals surface area (Å²) in [6.45, 7) is 2.66. The van der Waals surface area contributed by atoms with Crippen molar-refractivity contribution in [2.24, 2.45) is 11.5 Å². The van der Waals surface area contributed by atoms with Crippen LogP contribution < -0.4 is 17.0 Å². The average Bonchev–Trinajstić information content (AvgIpc) is 2.38. The highest BCUT2D eigenvalue weighted by Gasteiger charge is 2.09. The Labute approximate surface area is 128 Å². The molecule has 0 saturated heterocycles. The van der Waals surface area contributed by atoms with Gasteiger partial charge >= 0.3 is 5.97 Å². The van der Waals surface area contributed by atoms with E-state index in [9.17, 15) is 9.59 Å². The van der Waals surface area contributed by atoms with Crippen molar-refractivity contribution in [1.82, 2.24) is 9.97 Å². The normalized spacial score (nSPS) is 11.4. The number of aromatic amines is 2. The van der Waals surface area contributed by atoms with Gasteiger partial charge in [0.25, 0.3) is 5.56 Å². The number of unbranched alkanes of at least 4 members (excludes halogenated alkanes) is 1. The summed E-state index contributed by atoms with van der Waals surface area (Å²) in [5.74, 6) is -0.933. The Morgan fingerprint density at radius 2 is 2.10 bits per heavy atom. The maximum Gasteiger partial charge on any atom is 0.320 e. The van der Waals surface area contributed by atoms with E-state index >= 15 is 0 Å². The first-order valence-corrected chi connectivity index (χ1v) is 7.32. The Hall–Kier alpha value is -1.51. The first-order valence-electron chi connectivity index (χ1n) is 6.91. The highest BCUT2D eigenvalue weighted by molar-refractivity contribution is 7.71. The van der Waals surface area contributed by atoms with E-state index < -0.39 is 12.0 Å². The highest BCUT2D eigenvalue weighted by Crippen LogP contribution is 1.97. The molecule has 120 valence electrons. The van der Waals surface area contributed by atoms with Crippen molar-refractivity contribution in [2.45, 2.75) is 45.1 Å². The predicted molar refractivity (Wildman–Crippen MR) is 84.8 cm³/mol. The zero-order chi connectivity index (χ0) is 16.3. The molecule has 0 spiro atoms. The molecular weight excluding hydrogens is 292 g/mol. The second kappa shape index (κ2) is 11.2. The van der Waals surface area contributed by atoms with Gasteiger partial charge in [-0.2, -0.15) is 0 Å². The molecule has 1 atom stereocenters. The topological polar surface area (TPSA) is 138 Å². The minimum absolute atomic E-state index is 0.128. The molecule has 7 nitrogen and oxygen atoms in total. The molecule has 1 aromatic rings. The summed E-state index contributed by atoms with van der Waals surface area (Å²) in [6.07, 6.45) is 4.04. The van der Waals surface area contributed by atoms with Gasteiger partial charge in [0.2, 0.25) is 0 Å². The summed E-state index contributed by atoms with van der Waals surface area (Å²) in [5.41, 5.74) is 11.2. The maximum atomic E-state index is 10.8. The molecule has 21 heavy (non-hydrogen) atoms. The van der Waals surface area contributed by atoms with Gasteiger partial charge in [0.1, 0.15) is 6.04 Å². The van der Waals surface area contributed by atoms with Crippen molar-refractivity contribution in [1.29, 1.82) is 0 Å². The molecule has 0 aliphatic rings. The van der Waals surface area contributed by atoms with Crippen LogP contribution in [-0.4, -0.2) is 33.6 Å². The zero-order valence-electron chi connectivity index (χ0n) is 12.2. The number of carboxylic acids is 1. The van der Waals surface area contributed by atoms with Crippen LogP contribution in [0.4, 0.5) is 0 Å². The third-order valence-electron chi connectivity index (χ3n) is 2.62. The number of rotatable bonds is 7. The fraction of sp³-hybridized carbons (Fsp3) is 0.615. The summed E-state index contributed by atoms with van der Waals surface area (Å²) in [7, 11) is 0. The predicted octanol–water partition coefficient (Wildman–Crippen LogP) is 0.912. The molecule has 0 radical (unpaired) electrons. The lowest BCUT2D eigenvalue weighted by Gasteiger charge is -2.03. The maximum absolute atomic E-state index is 10.8. The molecule has 0 fully saturated rings. The standard InChI is InChI=1S/C7H10N2OS.C6H14N2O2/c1-2-3-5-4-6(10)9-7(11)8-5;7-4-2-1-3-5(8)6(9)10/h4H,2-3H2,1H3,(H2,8,9,10,11);5H,1-4,7-8H2,(H,9,10)/t;5-/m.0/s1. The molecule has 0 aliphatic carbocycles. The fourth-order valence-electron chi connectivity index (χ4n) is 1.56. The van der Waals surface area contributed by atoms with Crippen molar-refractivity contribution in [3.05, 3.63) is 26.9 Å². The smallest absolute Gasteiger partial charge is 0.320 e. The van der Waals surface area contributed by atoms with Crippen LogP contribution in [0.15, 0.2) is 10.9 Å². The molecule has 1 aromatic heterocycles. The third kappa shape index (κ3) is 9.94. The van der Waals surface area contributed by atoms with E-state index in [4.69, 9.17) is 28.8 Å². The average molecular weight is 316 g/mol. The van der Waals surface area contributed by atoms with Gasteiger partial charge in [-0.05, 0) is 38.0 Å². The summed E-state index contributed by atoms with van der Waals surface area (Å²) in [5, 5.41) is 8.33. The molecule has 0 saturated carbocycles. The number of nitrogens with one attached hydrogen (secondary N) is 2. The van der Waals surface area contributed by atoms with Crippen molar-refractivity contribution in [3.8, 4) is 0 Å². The lowest BCUT2D eigenvalue weighted by atomic mass is 10.1. The molecular formula is C13H24N4O3S. The molecule has 0 bridgehead atoms. The van der Waals surface area contributed by atoms with Gasteiger partial charge in [-0.15, -0.1) is 0 Å². The van der Waals surface area contributed by atoms with E-state index in [2.05, 4.69) is 16.9 Å². The Balaban J connectivity index is 0.000000384. The molecule has 1 heterocycles. The number of hydrogen-bond donors (Lipinski definition) is 5. The van der Waals surface area contributed by atoms with Crippen LogP contribution in [0.5, 0.6) is 0 Å².